The summed E-state index contributed by atoms with van der Waals surface area (Å²) < 4.78 is 6.14. The number of allylic oxidation sites excluding steroid dienone is 1. The summed E-state index contributed by atoms with van der Waals surface area (Å²) in [6.45, 7) is 19.5. The second-order valence-electron chi connectivity index (χ2n) is 18.7. The lowest BCUT2D eigenvalue weighted by atomic mass is 9.33. The Hall–Kier alpha value is -3.03. The summed E-state index contributed by atoms with van der Waals surface area (Å²) in [5, 5.41) is 13.0. The number of aliphatic carboxylic acids is 1. The SMILES string of the molecule is CC(C)C1=C2[C@H]3CC[C@@H]4[C@@]5(C)CC[C@H](OC(=O)CC(C)(C)C(=O)O)C(C)(C)[C@@H]5CC[C@@]4(C)[C@]3(C)CC[C@@]2(NC(=O)c2ccncc2)CC1=O. The summed E-state index contributed by atoms with van der Waals surface area (Å²) in [6, 6.07) is 3.48. The molecule has 0 bridgehead atoms. The molecule has 0 saturated heterocycles. The van der Waals surface area contributed by atoms with Crippen molar-refractivity contribution in [3.63, 3.8) is 0 Å². The van der Waals surface area contributed by atoms with E-state index in [1.54, 1.807) is 38.4 Å². The Morgan fingerprint density at radius 2 is 1.61 bits per heavy atom. The molecule has 6 rings (SSSR count). The number of nitrogens with zero attached hydrogens (tertiary/aromatic N) is 1. The van der Waals surface area contributed by atoms with Crippen LogP contribution in [0.25, 0.3) is 0 Å². The molecule has 1 amide bonds. The number of nitrogens with one attached hydrogen (secondary N) is 1. The number of ether oxygens (including phenoxy) is 1. The number of ketones is 1. The lowest BCUT2D eigenvalue weighted by molar-refractivity contribution is -0.232. The third-order valence-corrected chi connectivity index (χ3v) is 15.1. The molecule has 1 aromatic heterocycles. The number of carboxylic acids is 1. The second kappa shape index (κ2) is 11.8. The zero-order chi connectivity index (χ0) is 35.9. The van der Waals surface area contributed by atoms with E-state index in [0.717, 1.165) is 56.9 Å². The number of carbonyl (C=O) groups excluding carboxylic acids is 3. The van der Waals surface area contributed by atoms with Gasteiger partial charge in [0, 0.05) is 29.8 Å². The van der Waals surface area contributed by atoms with Crippen molar-refractivity contribution in [2.75, 3.05) is 0 Å². The molecule has 8 heteroatoms. The molecule has 4 fully saturated rings. The Morgan fingerprint density at radius 1 is 0.939 bits per heavy atom. The molecule has 5 aliphatic rings. The molecule has 0 spiro atoms. The first-order chi connectivity index (χ1) is 22.7. The summed E-state index contributed by atoms with van der Waals surface area (Å²) in [5.74, 6) is -0.238. The van der Waals surface area contributed by atoms with E-state index in [1.807, 2.05) is 0 Å². The van der Waals surface area contributed by atoms with Gasteiger partial charge in [-0.3, -0.25) is 24.2 Å². The maximum Gasteiger partial charge on any atom is 0.309 e. The molecule has 0 aromatic carbocycles. The van der Waals surface area contributed by atoms with Crippen molar-refractivity contribution in [1.29, 1.82) is 0 Å². The number of hydrogen-bond donors (Lipinski definition) is 2. The summed E-state index contributed by atoms with van der Waals surface area (Å²) in [4.78, 5) is 56.4. The van der Waals surface area contributed by atoms with E-state index in [1.165, 1.54) is 5.57 Å². The first kappa shape index (κ1) is 35.8. The van der Waals surface area contributed by atoms with Crippen molar-refractivity contribution in [2.45, 2.75) is 138 Å². The van der Waals surface area contributed by atoms with Gasteiger partial charge >= 0.3 is 11.9 Å². The van der Waals surface area contributed by atoms with E-state index in [0.29, 0.717) is 23.8 Å². The molecule has 8 nitrogen and oxygen atoms in total. The molecule has 4 saturated carbocycles. The van der Waals surface area contributed by atoms with E-state index in [4.69, 9.17) is 4.74 Å². The van der Waals surface area contributed by atoms with Gasteiger partial charge in [-0.25, -0.2) is 0 Å². The van der Waals surface area contributed by atoms with E-state index in [2.05, 4.69) is 58.8 Å². The summed E-state index contributed by atoms with van der Waals surface area (Å²) >= 11 is 0. The van der Waals surface area contributed by atoms with Crippen molar-refractivity contribution >= 4 is 23.6 Å². The number of pyridine rings is 1. The summed E-state index contributed by atoms with van der Waals surface area (Å²) in [5.41, 5.74) is 0.721. The zero-order valence-corrected chi connectivity index (χ0v) is 31.2. The number of hydrogen-bond acceptors (Lipinski definition) is 6. The van der Waals surface area contributed by atoms with E-state index in [9.17, 15) is 24.3 Å². The predicted octanol–water partition coefficient (Wildman–Crippen LogP) is 7.96. The van der Waals surface area contributed by atoms with Crippen molar-refractivity contribution in [3.05, 3.63) is 41.2 Å². The van der Waals surface area contributed by atoms with Crippen molar-refractivity contribution in [1.82, 2.24) is 10.3 Å². The van der Waals surface area contributed by atoms with Crippen LogP contribution < -0.4 is 5.32 Å². The van der Waals surface area contributed by atoms with Gasteiger partial charge in [-0.2, -0.15) is 0 Å². The highest BCUT2D eigenvalue weighted by Crippen LogP contribution is 2.76. The van der Waals surface area contributed by atoms with Gasteiger partial charge < -0.3 is 15.2 Å². The van der Waals surface area contributed by atoms with Crippen LogP contribution in [0.5, 0.6) is 0 Å². The maximum atomic E-state index is 13.9. The monoisotopic (exact) mass is 674 g/mol. The summed E-state index contributed by atoms with van der Waals surface area (Å²) in [7, 11) is 0. The zero-order valence-electron chi connectivity index (χ0n) is 31.2. The van der Waals surface area contributed by atoms with Gasteiger partial charge in [0.05, 0.1) is 17.4 Å². The van der Waals surface area contributed by atoms with Crippen LogP contribution in [-0.2, 0) is 19.1 Å². The second-order valence-corrected chi connectivity index (χ2v) is 18.7. The molecular weight excluding hydrogens is 616 g/mol. The van der Waals surface area contributed by atoms with Gasteiger partial charge in [0.2, 0.25) is 0 Å². The fourth-order valence-corrected chi connectivity index (χ4v) is 12.4. The Balaban J connectivity index is 1.30. The molecular formula is C41H58N2O6. The quantitative estimate of drug-likeness (QED) is 0.281. The van der Waals surface area contributed by atoms with Crippen LogP contribution in [0.15, 0.2) is 35.7 Å². The highest BCUT2D eigenvalue weighted by atomic mass is 16.5. The Kier molecular flexibility index (Phi) is 8.59. The first-order valence-electron chi connectivity index (χ1n) is 18.7. The number of esters is 1. The van der Waals surface area contributed by atoms with E-state index >= 15 is 0 Å². The van der Waals surface area contributed by atoms with Gasteiger partial charge in [-0.05, 0) is 128 Å². The fourth-order valence-electron chi connectivity index (χ4n) is 12.4. The third-order valence-electron chi connectivity index (χ3n) is 15.1. The Labute approximate surface area is 292 Å². The Morgan fingerprint density at radius 3 is 2.24 bits per heavy atom. The van der Waals surface area contributed by atoms with Gasteiger partial charge in [0.25, 0.3) is 5.91 Å². The van der Waals surface area contributed by atoms with Gasteiger partial charge in [-0.1, -0.05) is 48.5 Å². The number of carbonyl (C=O) groups is 4. The fraction of sp³-hybridized carbons (Fsp3) is 0.732. The van der Waals surface area contributed by atoms with Crippen LogP contribution >= 0.6 is 0 Å². The highest BCUT2D eigenvalue weighted by molar-refractivity contribution is 6.03. The third kappa shape index (κ3) is 5.32. The topological polar surface area (TPSA) is 123 Å². The number of aromatic nitrogens is 1. The molecule has 268 valence electrons. The van der Waals surface area contributed by atoms with Crippen LogP contribution in [0.4, 0.5) is 0 Å². The molecule has 0 radical (unpaired) electrons. The molecule has 1 aromatic rings. The molecule has 49 heavy (non-hydrogen) atoms. The standard InChI is InChI=1S/C41H58N2O6/c1-24(2)32-27(44)22-41(43-34(46)25-14-20-42-21-15-25)19-18-39(8)26(33(32)41)10-11-29-38(7)16-13-30(49-31(45)23-36(3,4)35(47)48)37(5,6)28(38)12-17-40(29,39)9/h14-15,20-21,24,26,28-30H,10-13,16-19,22-23H2,1-9H3,(H,43,46)(H,47,48)/t26-,28+,29-,30+,38+,39-,40-,41-/m1/s1. The number of Topliss-reactive ketones (excluding diaryl/α,β-unsaturated/α-hetero) is 1. The summed E-state index contributed by atoms with van der Waals surface area (Å²) in [6.07, 6.45) is 10.8. The van der Waals surface area contributed by atoms with Gasteiger partial charge in [-0.15, -0.1) is 0 Å². The first-order valence-corrected chi connectivity index (χ1v) is 18.7. The minimum Gasteiger partial charge on any atom is -0.481 e. The molecule has 8 atom stereocenters. The molecule has 2 N–H and O–H groups in total. The lowest BCUT2D eigenvalue weighted by Crippen LogP contribution is -2.67. The average molecular weight is 675 g/mol. The van der Waals surface area contributed by atoms with Crippen molar-refractivity contribution < 1.29 is 29.0 Å². The number of carboxylic acid groups (broad SMARTS) is 1. The Bertz CT molecular complexity index is 1580. The van der Waals surface area contributed by atoms with Gasteiger partial charge in [0.1, 0.15) is 6.10 Å². The normalized spacial score (nSPS) is 38.2. The smallest absolute Gasteiger partial charge is 0.309 e. The average Bonchev–Trinajstić information content (AvgIpc) is 3.30. The van der Waals surface area contributed by atoms with Gasteiger partial charge in [0.15, 0.2) is 5.78 Å². The minimum absolute atomic E-state index is 0.0360. The van der Waals surface area contributed by atoms with Crippen LogP contribution in [0.3, 0.4) is 0 Å². The van der Waals surface area contributed by atoms with Crippen molar-refractivity contribution in [2.24, 2.45) is 50.7 Å². The molecule has 1 heterocycles. The minimum atomic E-state index is -1.17. The van der Waals surface area contributed by atoms with Crippen LogP contribution in [0.2, 0.25) is 0 Å². The maximum absolute atomic E-state index is 13.9. The number of amides is 1. The molecule has 0 unspecified atom stereocenters. The number of fused-ring (bicyclic) bond motifs is 7. The lowest BCUT2D eigenvalue weighted by Gasteiger charge is -2.72. The van der Waals surface area contributed by atoms with Crippen molar-refractivity contribution in [3.8, 4) is 0 Å². The molecule has 5 aliphatic carbocycles. The van der Waals surface area contributed by atoms with E-state index < -0.39 is 22.9 Å². The predicted molar refractivity (Wildman–Crippen MR) is 187 cm³/mol. The van der Waals surface area contributed by atoms with E-state index in [-0.39, 0.29) is 57.7 Å². The van der Waals surface area contributed by atoms with Crippen LogP contribution in [0.1, 0.15) is 137 Å². The van der Waals surface area contributed by atoms with Crippen LogP contribution in [-0.4, -0.2) is 45.4 Å². The molecule has 0 aliphatic heterocycles. The largest absolute Gasteiger partial charge is 0.481 e. The highest BCUT2D eigenvalue weighted by Gasteiger charge is 2.70. The van der Waals surface area contributed by atoms with Crippen LogP contribution in [0, 0.1) is 50.7 Å². The number of rotatable bonds is 7.